The second-order valence-electron chi connectivity index (χ2n) is 4.56. The second-order valence-corrected chi connectivity index (χ2v) is 4.56. The number of halogens is 3. The molecule has 1 atom stereocenters. The first-order valence-electron chi connectivity index (χ1n) is 6.25. The molecule has 0 bridgehead atoms. The van der Waals surface area contributed by atoms with Crippen LogP contribution in [0.25, 0.3) is 0 Å². The highest BCUT2D eigenvalue weighted by atomic mass is 19.4. The number of carboxylic acid groups (broad SMARTS) is 1. The molecule has 0 fully saturated rings. The molecule has 0 saturated carbocycles. The Morgan fingerprint density at radius 1 is 1.35 bits per heavy atom. The Morgan fingerprint density at radius 3 is 2.55 bits per heavy atom. The van der Waals surface area contributed by atoms with Gasteiger partial charge in [0, 0.05) is 6.42 Å². The fourth-order valence-electron chi connectivity index (χ4n) is 2.00. The quantitative estimate of drug-likeness (QED) is 0.833. The third kappa shape index (κ3) is 5.50. The predicted octanol–water partition coefficient (Wildman–Crippen LogP) is 3.67. The Labute approximate surface area is 115 Å². The number of aliphatic carboxylic acids is 1. The van der Waals surface area contributed by atoms with Gasteiger partial charge >= 0.3 is 12.1 Å². The monoisotopic (exact) mass is 290 g/mol. The van der Waals surface area contributed by atoms with Gasteiger partial charge in [-0.25, -0.2) is 0 Å². The molecule has 3 nitrogen and oxygen atoms in total. The van der Waals surface area contributed by atoms with Crippen LogP contribution in [0.3, 0.4) is 0 Å². The van der Waals surface area contributed by atoms with E-state index in [0.29, 0.717) is 11.3 Å². The molecule has 112 valence electrons. The van der Waals surface area contributed by atoms with Crippen molar-refractivity contribution < 1.29 is 27.8 Å². The van der Waals surface area contributed by atoms with E-state index in [1.807, 2.05) is 0 Å². The SMILES string of the molecule is COc1ccccc1CC(CCCC(F)(F)F)C(=O)O. The van der Waals surface area contributed by atoms with Crippen molar-refractivity contribution >= 4 is 5.97 Å². The van der Waals surface area contributed by atoms with Crippen LogP contribution in [0, 0.1) is 5.92 Å². The number of hydrogen-bond acceptors (Lipinski definition) is 2. The zero-order chi connectivity index (χ0) is 15.2. The highest BCUT2D eigenvalue weighted by molar-refractivity contribution is 5.70. The number of carboxylic acids is 1. The Kier molecular flexibility index (Phi) is 5.85. The molecule has 0 aliphatic carbocycles. The van der Waals surface area contributed by atoms with Gasteiger partial charge in [0.1, 0.15) is 5.75 Å². The topological polar surface area (TPSA) is 46.5 Å². The molecule has 0 saturated heterocycles. The third-order valence-electron chi connectivity index (χ3n) is 3.02. The number of ether oxygens (including phenoxy) is 1. The van der Waals surface area contributed by atoms with Gasteiger partial charge in [0.2, 0.25) is 0 Å². The van der Waals surface area contributed by atoms with E-state index in [0.717, 1.165) is 0 Å². The fraction of sp³-hybridized carbons (Fsp3) is 0.500. The molecule has 0 aliphatic rings. The lowest BCUT2D eigenvalue weighted by Crippen LogP contribution is -2.18. The van der Waals surface area contributed by atoms with Gasteiger partial charge in [0.25, 0.3) is 0 Å². The molecule has 1 aromatic rings. The van der Waals surface area contributed by atoms with Gasteiger partial charge in [-0.15, -0.1) is 0 Å². The van der Waals surface area contributed by atoms with E-state index in [1.54, 1.807) is 24.3 Å². The highest BCUT2D eigenvalue weighted by Gasteiger charge is 2.28. The Bertz CT molecular complexity index is 444. The van der Waals surface area contributed by atoms with Crippen molar-refractivity contribution in [3.8, 4) is 5.75 Å². The summed E-state index contributed by atoms with van der Waals surface area (Å²) in [6, 6.07) is 6.91. The second kappa shape index (κ2) is 7.17. The van der Waals surface area contributed by atoms with Gasteiger partial charge in [-0.1, -0.05) is 18.2 Å². The van der Waals surface area contributed by atoms with Crippen molar-refractivity contribution in [2.75, 3.05) is 7.11 Å². The Hall–Kier alpha value is -1.72. The van der Waals surface area contributed by atoms with Gasteiger partial charge in [-0.05, 0) is 30.9 Å². The van der Waals surface area contributed by atoms with Gasteiger partial charge in [-0.3, -0.25) is 4.79 Å². The molecule has 1 aromatic carbocycles. The number of methoxy groups -OCH3 is 1. The van der Waals surface area contributed by atoms with E-state index in [-0.39, 0.29) is 19.3 Å². The normalized spacial score (nSPS) is 13.0. The van der Waals surface area contributed by atoms with Crippen molar-refractivity contribution in [2.45, 2.75) is 31.9 Å². The van der Waals surface area contributed by atoms with Crippen LogP contribution in [-0.4, -0.2) is 24.4 Å². The number of hydrogen-bond donors (Lipinski definition) is 1. The lowest BCUT2D eigenvalue weighted by molar-refractivity contribution is -0.145. The molecule has 0 radical (unpaired) electrons. The molecule has 0 spiro atoms. The summed E-state index contributed by atoms with van der Waals surface area (Å²) in [7, 11) is 1.47. The summed E-state index contributed by atoms with van der Waals surface area (Å²) in [4.78, 5) is 11.1. The standard InChI is InChI=1S/C14H17F3O3/c1-20-12-7-3-2-5-10(12)9-11(13(18)19)6-4-8-14(15,16)17/h2-3,5,7,11H,4,6,8-9H2,1H3,(H,18,19). The molecule has 20 heavy (non-hydrogen) atoms. The number of para-hydroxylation sites is 1. The van der Waals surface area contributed by atoms with E-state index in [2.05, 4.69) is 0 Å². The van der Waals surface area contributed by atoms with E-state index in [9.17, 15) is 18.0 Å². The number of alkyl halides is 3. The number of carbonyl (C=O) groups is 1. The number of benzene rings is 1. The van der Waals surface area contributed by atoms with Gasteiger partial charge in [0.15, 0.2) is 0 Å². The minimum absolute atomic E-state index is 0.00705. The summed E-state index contributed by atoms with van der Waals surface area (Å²) in [5, 5.41) is 9.11. The first-order valence-corrected chi connectivity index (χ1v) is 6.25. The van der Waals surface area contributed by atoms with Crippen LogP contribution in [0.15, 0.2) is 24.3 Å². The lowest BCUT2D eigenvalue weighted by atomic mass is 9.93. The molecule has 1 N–H and O–H groups in total. The molecular formula is C14H17F3O3. The van der Waals surface area contributed by atoms with Gasteiger partial charge in [-0.2, -0.15) is 13.2 Å². The van der Waals surface area contributed by atoms with E-state index >= 15 is 0 Å². The minimum Gasteiger partial charge on any atom is -0.496 e. The van der Waals surface area contributed by atoms with E-state index in [1.165, 1.54) is 7.11 Å². The maximum absolute atomic E-state index is 12.1. The molecule has 1 unspecified atom stereocenters. The molecule has 0 aromatic heterocycles. The molecule has 0 heterocycles. The summed E-state index contributed by atoms with van der Waals surface area (Å²) in [6.45, 7) is 0. The fourth-order valence-corrected chi connectivity index (χ4v) is 2.00. The Balaban J connectivity index is 2.65. The van der Waals surface area contributed by atoms with Gasteiger partial charge < -0.3 is 9.84 Å². The molecule has 0 amide bonds. The van der Waals surface area contributed by atoms with Crippen molar-refractivity contribution in [1.29, 1.82) is 0 Å². The van der Waals surface area contributed by atoms with Crippen LogP contribution in [0.2, 0.25) is 0 Å². The highest BCUT2D eigenvalue weighted by Crippen LogP contribution is 2.27. The van der Waals surface area contributed by atoms with E-state index in [4.69, 9.17) is 9.84 Å². The average molecular weight is 290 g/mol. The summed E-state index contributed by atoms with van der Waals surface area (Å²) >= 11 is 0. The van der Waals surface area contributed by atoms with Crippen molar-refractivity contribution in [2.24, 2.45) is 5.92 Å². The third-order valence-corrected chi connectivity index (χ3v) is 3.02. The largest absolute Gasteiger partial charge is 0.496 e. The summed E-state index contributed by atoms with van der Waals surface area (Å²) < 4.78 is 41.4. The summed E-state index contributed by atoms with van der Waals surface area (Å²) in [6.07, 6.45) is -5.23. The smallest absolute Gasteiger partial charge is 0.389 e. The van der Waals surface area contributed by atoms with Crippen LogP contribution in [0.4, 0.5) is 13.2 Å². The lowest BCUT2D eigenvalue weighted by Gasteiger charge is -2.15. The van der Waals surface area contributed by atoms with Crippen LogP contribution in [0.5, 0.6) is 5.75 Å². The zero-order valence-corrected chi connectivity index (χ0v) is 11.1. The van der Waals surface area contributed by atoms with Crippen LogP contribution >= 0.6 is 0 Å². The first kappa shape index (κ1) is 16.3. The predicted molar refractivity (Wildman–Crippen MR) is 67.7 cm³/mol. The zero-order valence-electron chi connectivity index (χ0n) is 11.1. The summed E-state index contributed by atoms with van der Waals surface area (Å²) in [5.74, 6) is -1.37. The first-order chi connectivity index (χ1) is 9.33. The van der Waals surface area contributed by atoms with Crippen molar-refractivity contribution in [3.05, 3.63) is 29.8 Å². The van der Waals surface area contributed by atoms with Gasteiger partial charge in [0.05, 0.1) is 13.0 Å². The maximum atomic E-state index is 12.1. The molecule has 0 aliphatic heterocycles. The van der Waals surface area contributed by atoms with Crippen LogP contribution in [0.1, 0.15) is 24.8 Å². The van der Waals surface area contributed by atoms with Crippen LogP contribution in [-0.2, 0) is 11.2 Å². The summed E-state index contributed by atoms with van der Waals surface area (Å²) in [5.41, 5.74) is 0.689. The maximum Gasteiger partial charge on any atom is 0.389 e. The molecular weight excluding hydrogens is 273 g/mol. The van der Waals surface area contributed by atoms with E-state index < -0.39 is 24.5 Å². The molecule has 6 heteroatoms. The van der Waals surface area contributed by atoms with Crippen molar-refractivity contribution in [1.82, 2.24) is 0 Å². The minimum atomic E-state index is -4.24. The number of rotatable bonds is 7. The average Bonchev–Trinajstić information content (AvgIpc) is 2.36. The van der Waals surface area contributed by atoms with Crippen LogP contribution < -0.4 is 4.74 Å². The van der Waals surface area contributed by atoms with Crippen molar-refractivity contribution in [3.63, 3.8) is 0 Å². The molecule has 1 rings (SSSR count). The Morgan fingerprint density at radius 2 is 2.00 bits per heavy atom.